The van der Waals surface area contributed by atoms with E-state index in [2.05, 4.69) is 10.7 Å². The number of aryl methyl sites for hydroxylation is 2. The summed E-state index contributed by atoms with van der Waals surface area (Å²) in [6.07, 6.45) is 0. The Morgan fingerprint density at radius 1 is 1.03 bits per heavy atom. The molecular formula is C19H23N3O6S. The third-order valence-electron chi connectivity index (χ3n) is 3.97. The molecule has 156 valence electrons. The molecule has 0 aromatic heterocycles. The molecule has 0 radical (unpaired) electrons. The number of benzene rings is 2. The van der Waals surface area contributed by atoms with Crippen molar-refractivity contribution >= 4 is 27.5 Å². The first-order chi connectivity index (χ1) is 13.6. The molecule has 2 aromatic rings. The second-order valence-electron chi connectivity index (χ2n) is 6.23. The van der Waals surface area contributed by atoms with E-state index in [4.69, 9.17) is 9.47 Å². The number of hydrogen-bond acceptors (Lipinski definition) is 6. The van der Waals surface area contributed by atoms with E-state index in [0.29, 0.717) is 11.4 Å². The minimum absolute atomic E-state index is 0.154. The van der Waals surface area contributed by atoms with Gasteiger partial charge < -0.3 is 14.8 Å². The molecule has 0 aliphatic rings. The highest BCUT2D eigenvalue weighted by molar-refractivity contribution is 7.89. The maximum Gasteiger partial charge on any atom is 0.272 e. The zero-order valence-corrected chi connectivity index (χ0v) is 17.3. The largest absolute Gasteiger partial charge is 0.495 e. The molecule has 2 amide bonds. The number of hydrazine groups is 1. The van der Waals surface area contributed by atoms with Gasteiger partial charge in [0.1, 0.15) is 11.5 Å². The number of ether oxygens (including phenoxy) is 2. The summed E-state index contributed by atoms with van der Waals surface area (Å²) in [7, 11) is -2.72. The lowest BCUT2D eigenvalue weighted by Crippen LogP contribution is -2.43. The summed E-state index contributed by atoms with van der Waals surface area (Å²) in [6, 6.07) is 9.26. The van der Waals surface area contributed by atoms with Crippen LogP contribution in [-0.4, -0.2) is 33.9 Å². The molecule has 0 unspecified atom stereocenters. The predicted molar refractivity (Wildman–Crippen MR) is 107 cm³/mol. The van der Waals surface area contributed by atoms with Crippen molar-refractivity contribution in [2.24, 2.45) is 0 Å². The van der Waals surface area contributed by atoms with Gasteiger partial charge >= 0.3 is 0 Å². The fraction of sp³-hybridized carbons (Fsp3) is 0.263. The lowest BCUT2D eigenvalue weighted by molar-refractivity contribution is -0.123. The van der Waals surface area contributed by atoms with Crippen LogP contribution >= 0.6 is 0 Å². The zero-order valence-electron chi connectivity index (χ0n) is 16.5. The number of carbonyl (C=O) groups is 2. The molecule has 0 saturated heterocycles. The maximum atomic E-state index is 12.4. The summed E-state index contributed by atoms with van der Waals surface area (Å²) in [5.41, 5.74) is 4.52. The van der Waals surface area contributed by atoms with Crippen molar-refractivity contribution in [3.8, 4) is 11.5 Å². The number of anilines is 1. The van der Waals surface area contributed by atoms with Crippen LogP contribution < -0.4 is 25.0 Å². The molecule has 0 aliphatic carbocycles. The van der Waals surface area contributed by atoms with Crippen LogP contribution in [0.15, 0.2) is 41.3 Å². The van der Waals surface area contributed by atoms with Crippen molar-refractivity contribution in [2.45, 2.75) is 25.7 Å². The van der Waals surface area contributed by atoms with E-state index >= 15 is 0 Å². The normalized spacial score (nSPS) is 10.9. The number of amides is 2. The smallest absolute Gasteiger partial charge is 0.272 e. The van der Waals surface area contributed by atoms with Gasteiger partial charge in [0.15, 0.2) is 6.61 Å². The molecule has 9 nitrogen and oxygen atoms in total. The minimum atomic E-state index is -4.06. The fourth-order valence-corrected chi connectivity index (χ4v) is 3.18. The average molecular weight is 421 g/mol. The molecule has 0 saturated carbocycles. The Kier molecular flexibility index (Phi) is 7.18. The fourth-order valence-electron chi connectivity index (χ4n) is 2.30. The molecule has 0 atom stereocenters. The van der Waals surface area contributed by atoms with E-state index in [0.717, 1.165) is 11.1 Å². The van der Waals surface area contributed by atoms with Gasteiger partial charge in [0, 0.05) is 13.0 Å². The van der Waals surface area contributed by atoms with Gasteiger partial charge in [-0.1, -0.05) is 6.07 Å². The molecule has 0 bridgehead atoms. The van der Waals surface area contributed by atoms with E-state index in [1.807, 2.05) is 24.7 Å². The van der Waals surface area contributed by atoms with Gasteiger partial charge in [-0.15, -0.1) is 4.83 Å². The summed E-state index contributed by atoms with van der Waals surface area (Å²) >= 11 is 0. The van der Waals surface area contributed by atoms with Crippen LogP contribution in [0.3, 0.4) is 0 Å². The van der Waals surface area contributed by atoms with Crippen molar-refractivity contribution in [2.75, 3.05) is 19.0 Å². The van der Waals surface area contributed by atoms with Gasteiger partial charge in [-0.2, -0.15) is 0 Å². The first-order valence-corrected chi connectivity index (χ1v) is 10.1. The quantitative estimate of drug-likeness (QED) is 0.557. The minimum Gasteiger partial charge on any atom is -0.495 e. The highest BCUT2D eigenvalue weighted by Crippen LogP contribution is 2.27. The second kappa shape index (κ2) is 9.39. The van der Waals surface area contributed by atoms with Crippen LogP contribution in [0.5, 0.6) is 11.5 Å². The van der Waals surface area contributed by atoms with Gasteiger partial charge in [-0.3, -0.25) is 15.0 Å². The number of hydrogen-bond donors (Lipinski definition) is 3. The van der Waals surface area contributed by atoms with Crippen LogP contribution in [0.4, 0.5) is 5.69 Å². The lowest BCUT2D eigenvalue weighted by atomic mass is 10.1. The van der Waals surface area contributed by atoms with Gasteiger partial charge in [0.05, 0.1) is 17.7 Å². The van der Waals surface area contributed by atoms with Gasteiger partial charge in [0.2, 0.25) is 5.91 Å². The van der Waals surface area contributed by atoms with E-state index in [9.17, 15) is 18.0 Å². The van der Waals surface area contributed by atoms with Crippen LogP contribution in [0, 0.1) is 13.8 Å². The zero-order chi connectivity index (χ0) is 21.6. The standard InChI is InChI=1S/C19H23N3O6S/c1-12-5-6-15(9-13(12)2)28-11-19(24)21-22-29(25,26)16-7-8-17(20-14(3)23)18(10-16)27-4/h5-10,22H,11H2,1-4H3,(H,20,23)(H,21,24). The number of rotatable bonds is 8. The Balaban J connectivity index is 1.98. The summed E-state index contributed by atoms with van der Waals surface area (Å²) < 4.78 is 35.2. The van der Waals surface area contributed by atoms with Crippen LogP contribution in [0.25, 0.3) is 0 Å². The molecule has 0 spiro atoms. The molecule has 2 aromatic carbocycles. The Morgan fingerprint density at radius 2 is 1.76 bits per heavy atom. The third-order valence-corrected chi connectivity index (χ3v) is 5.21. The molecule has 10 heteroatoms. The van der Waals surface area contributed by atoms with Crippen LogP contribution in [-0.2, 0) is 19.6 Å². The number of carbonyl (C=O) groups excluding carboxylic acids is 2. The molecule has 29 heavy (non-hydrogen) atoms. The molecule has 0 fully saturated rings. The monoisotopic (exact) mass is 421 g/mol. The van der Waals surface area contributed by atoms with Crippen molar-refractivity contribution in [1.82, 2.24) is 10.3 Å². The van der Waals surface area contributed by atoms with E-state index in [1.54, 1.807) is 12.1 Å². The van der Waals surface area contributed by atoms with E-state index in [-0.39, 0.29) is 23.2 Å². The summed E-state index contributed by atoms with van der Waals surface area (Å²) in [6.45, 7) is 4.83. The van der Waals surface area contributed by atoms with Gasteiger partial charge in [-0.25, -0.2) is 8.42 Å². The van der Waals surface area contributed by atoms with Crippen molar-refractivity contribution in [3.05, 3.63) is 47.5 Å². The highest BCUT2D eigenvalue weighted by atomic mass is 32.2. The lowest BCUT2D eigenvalue weighted by Gasteiger charge is -2.13. The number of nitrogens with one attached hydrogen (secondary N) is 3. The molecule has 0 aliphatic heterocycles. The SMILES string of the molecule is COc1cc(S(=O)(=O)NNC(=O)COc2ccc(C)c(C)c2)ccc1NC(C)=O. The summed E-state index contributed by atoms with van der Waals surface area (Å²) in [5, 5.41) is 2.53. The Morgan fingerprint density at radius 3 is 2.38 bits per heavy atom. The Labute approximate surface area is 169 Å². The van der Waals surface area contributed by atoms with E-state index in [1.165, 1.54) is 32.2 Å². The number of methoxy groups -OCH3 is 1. The Bertz CT molecular complexity index is 1020. The third kappa shape index (κ3) is 6.19. The van der Waals surface area contributed by atoms with Crippen molar-refractivity contribution in [3.63, 3.8) is 0 Å². The van der Waals surface area contributed by atoms with Gasteiger partial charge in [0.25, 0.3) is 15.9 Å². The highest BCUT2D eigenvalue weighted by Gasteiger charge is 2.18. The number of sulfonamides is 1. The molecular weight excluding hydrogens is 398 g/mol. The first-order valence-electron chi connectivity index (χ1n) is 8.58. The van der Waals surface area contributed by atoms with E-state index < -0.39 is 15.9 Å². The topological polar surface area (TPSA) is 123 Å². The summed E-state index contributed by atoms with van der Waals surface area (Å²) in [5.74, 6) is -0.335. The Hall–Kier alpha value is -3.11. The predicted octanol–water partition coefficient (Wildman–Crippen LogP) is 1.66. The van der Waals surface area contributed by atoms with Crippen molar-refractivity contribution in [1.29, 1.82) is 0 Å². The molecule has 2 rings (SSSR count). The van der Waals surface area contributed by atoms with Gasteiger partial charge in [-0.05, 0) is 49.2 Å². The maximum absolute atomic E-state index is 12.4. The van der Waals surface area contributed by atoms with Crippen molar-refractivity contribution < 1.29 is 27.5 Å². The molecule has 0 heterocycles. The summed E-state index contributed by atoms with van der Waals surface area (Å²) in [4.78, 5) is 24.9. The average Bonchev–Trinajstić information content (AvgIpc) is 2.67. The van der Waals surface area contributed by atoms with Crippen LogP contribution in [0.1, 0.15) is 18.1 Å². The second-order valence-corrected chi connectivity index (χ2v) is 7.91. The first kappa shape index (κ1) is 22.2. The van der Waals surface area contributed by atoms with Crippen LogP contribution in [0.2, 0.25) is 0 Å². The molecule has 3 N–H and O–H groups in total.